The summed E-state index contributed by atoms with van der Waals surface area (Å²) in [6.45, 7) is 1.79. The molecule has 1 N–H and O–H groups in total. The third-order valence-electron chi connectivity index (χ3n) is 10.3. The highest BCUT2D eigenvalue weighted by Crippen LogP contribution is 2.47. The average molecular weight is 615 g/mol. The number of hydrogen-bond donors (Lipinski definition) is 1. The standard InChI is InChI=1S/C38H38N4O4/c1-23(43)9-10-24-11-15-29-31(19-24)42(3)37(39-29)38(17-6-18-38)40-36(44)27-12-14-28-30(20-27)41(2)35(34(28)25-7-4-5-8-25)26-13-16-32-33(21-26)46-22-45-32/h9-16,19-21,25H,4-8,17-18,22H2,1-3H3,(H,40,44)/b10-9+. The van der Waals surface area contributed by atoms with E-state index in [-0.39, 0.29) is 18.5 Å². The van der Waals surface area contributed by atoms with Gasteiger partial charge in [0.05, 0.1) is 22.3 Å². The van der Waals surface area contributed by atoms with Gasteiger partial charge in [-0.25, -0.2) is 4.98 Å². The van der Waals surface area contributed by atoms with Crippen LogP contribution in [0.1, 0.15) is 85.1 Å². The molecule has 8 rings (SSSR count). The normalized spacial score (nSPS) is 17.3. The number of aryl methyl sites for hydroxylation is 2. The van der Waals surface area contributed by atoms with Crippen LogP contribution in [0.15, 0.2) is 60.7 Å². The molecule has 0 radical (unpaired) electrons. The summed E-state index contributed by atoms with van der Waals surface area (Å²) in [6.07, 6.45) is 10.9. The van der Waals surface area contributed by atoms with Crippen molar-refractivity contribution in [3.8, 4) is 22.8 Å². The van der Waals surface area contributed by atoms with Crippen LogP contribution < -0.4 is 14.8 Å². The Kier molecular flexibility index (Phi) is 6.78. The molecule has 2 saturated carbocycles. The van der Waals surface area contributed by atoms with E-state index < -0.39 is 5.54 Å². The summed E-state index contributed by atoms with van der Waals surface area (Å²) < 4.78 is 15.7. The van der Waals surface area contributed by atoms with Gasteiger partial charge in [-0.2, -0.15) is 0 Å². The molecule has 2 aliphatic carbocycles. The maximum absolute atomic E-state index is 14.0. The molecular formula is C38H38N4O4. The number of carbonyl (C=O) groups is 2. The van der Waals surface area contributed by atoms with E-state index in [2.05, 4.69) is 45.8 Å². The highest BCUT2D eigenvalue weighted by atomic mass is 16.7. The van der Waals surface area contributed by atoms with Crippen molar-refractivity contribution in [2.75, 3.05) is 6.79 Å². The summed E-state index contributed by atoms with van der Waals surface area (Å²) in [5.41, 5.74) is 7.61. The van der Waals surface area contributed by atoms with Gasteiger partial charge < -0.3 is 23.9 Å². The van der Waals surface area contributed by atoms with Gasteiger partial charge >= 0.3 is 0 Å². The van der Waals surface area contributed by atoms with Gasteiger partial charge in [0.1, 0.15) is 5.82 Å². The van der Waals surface area contributed by atoms with E-state index in [4.69, 9.17) is 14.5 Å². The zero-order chi connectivity index (χ0) is 31.6. The molecule has 1 amide bonds. The van der Waals surface area contributed by atoms with E-state index in [1.807, 2.05) is 43.5 Å². The van der Waals surface area contributed by atoms with Crippen LogP contribution in [0.5, 0.6) is 11.5 Å². The predicted molar refractivity (Wildman–Crippen MR) is 179 cm³/mol. The van der Waals surface area contributed by atoms with Crippen molar-refractivity contribution in [2.24, 2.45) is 14.1 Å². The molecule has 234 valence electrons. The van der Waals surface area contributed by atoms with Gasteiger partial charge in [-0.3, -0.25) is 9.59 Å². The smallest absolute Gasteiger partial charge is 0.252 e. The van der Waals surface area contributed by atoms with Crippen LogP contribution >= 0.6 is 0 Å². The van der Waals surface area contributed by atoms with Crippen LogP contribution in [0, 0.1) is 0 Å². The van der Waals surface area contributed by atoms with Crippen LogP contribution in [0.25, 0.3) is 39.3 Å². The van der Waals surface area contributed by atoms with Gasteiger partial charge in [0.15, 0.2) is 17.3 Å². The Balaban J connectivity index is 1.15. The third kappa shape index (κ3) is 4.61. The lowest BCUT2D eigenvalue weighted by Gasteiger charge is -2.41. The van der Waals surface area contributed by atoms with E-state index in [1.165, 1.54) is 42.3 Å². The lowest BCUT2D eigenvalue weighted by Crippen LogP contribution is -2.52. The summed E-state index contributed by atoms with van der Waals surface area (Å²) in [4.78, 5) is 30.5. The van der Waals surface area contributed by atoms with E-state index in [9.17, 15) is 9.59 Å². The van der Waals surface area contributed by atoms with Crippen LogP contribution in [0.3, 0.4) is 0 Å². The number of benzene rings is 3. The topological polar surface area (TPSA) is 87.4 Å². The molecule has 8 heteroatoms. The number of rotatable bonds is 7. The number of fused-ring (bicyclic) bond motifs is 3. The first-order valence-electron chi connectivity index (χ1n) is 16.3. The monoisotopic (exact) mass is 614 g/mol. The first kappa shape index (κ1) is 28.6. The van der Waals surface area contributed by atoms with Crippen LogP contribution in [0.4, 0.5) is 0 Å². The zero-order valence-corrected chi connectivity index (χ0v) is 26.6. The number of amides is 1. The largest absolute Gasteiger partial charge is 0.454 e. The first-order chi connectivity index (χ1) is 22.3. The van der Waals surface area contributed by atoms with Crippen LogP contribution in [0.2, 0.25) is 0 Å². The van der Waals surface area contributed by atoms with Crippen molar-refractivity contribution in [1.29, 1.82) is 0 Å². The second-order valence-corrected chi connectivity index (χ2v) is 13.2. The minimum absolute atomic E-state index is 0.00868. The van der Waals surface area contributed by atoms with E-state index in [0.717, 1.165) is 64.3 Å². The van der Waals surface area contributed by atoms with Crippen molar-refractivity contribution in [2.45, 2.75) is 63.3 Å². The summed E-state index contributed by atoms with van der Waals surface area (Å²) in [7, 11) is 4.11. The maximum Gasteiger partial charge on any atom is 0.252 e. The number of ether oxygens (including phenoxy) is 2. The van der Waals surface area contributed by atoms with Gasteiger partial charge in [-0.15, -0.1) is 0 Å². The summed E-state index contributed by atoms with van der Waals surface area (Å²) in [6, 6.07) is 18.4. The Morgan fingerprint density at radius 3 is 2.48 bits per heavy atom. The number of hydrogen-bond acceptors (Lipinski definition) is 5. The molecule has 0 atom stereocenters. The minimum Gasteiger partial charge on any atom is -0.454 e. The van der Waals surface area contributed by atoms with Gasteiger partial charge in [-0.05, 0) is 105 Å². The van der Waals surface area contributed by atoms with Crippen molar-refractivity contribution in [1.82, 2.24) is 19.4 Å². The number of nitrogens with zero attached hydrogens (tertiary/aromatic N) is 3. The molecule has 2 aromatic heterocycles. The SMILES string of the molecule is CC(=O)/C=C/c1ccc2nc(C3(NC(=O)c4ccc5c(C6CCCC6)c(-c6ccc7c(c6)OCO7)n(C)c5c4)CCC3)n(C)c2c1. The Labute approximate surface area is 268 Å². The Morgan fingerprint density at radius 1 is 0.913 bits per heavy atom. The molecule has 3 aromatic carbocycles. The second kappa shape index (κ2) is 10.9. The molecule has 2 fully saturated rings. The number of allylic oxidation sites excluding steroid dienone is 1. The quantitative estimate of drug-likeness (QED) is 0.192. The lowest BCUT2D eigenvalue weighted by atomic mass is 9.75. The molecule has 3 aliphatic rings. The molecule has 5 aromatic rings. The highest BCUT2D eigenvalue weighted by molar-refractivity contribution is 6.01. The summed E-state index contributed by atoms with van der Waals surface area (Å²) in [5.74, 6) is 2.82. The van der Waals surface area contributed by atoms with Crippen molar-refractivity contribution in [3.05, 3.63) is 83.2 Å². The Bertz CT molecular complexity index is 2070. The number of nitrogens with one attached hydrogen (secondary N) is 1. The summed E-state index contributed by atoms with van der Waals surface area (Å²) in [5, 5.41) is 4.63. The van der Waals surface area contributed by atoms with Gasteiger partial charge in [-0.1, -0.05) is 31.1 Å². The number of imidazole rings is 1. The fourth-order valence-corrected chi connectivity index (χ4v) is 7.80. The number of carbonyl (C=O) groups excluding carboxylic acids is 2. The highest BCUT2D eigenvalue weighted by Gasteiger charge is 2.44. The zero-order valence-electron chi connectivity index (χ0n) is 26.6. The van der Waals surface area contributed by atoms with E-state index in [1.54, 1.807) is 13.0 Å². The summed E-state index contributed by atoms with van der Waals surface area (Å²) >= 11 is 0. The number of ketones is 1. The Hall–Kier alpha value is -4.85. The molecule has 0 bridgehead atoms. The molecule has 46 heavy (non-hydrogen) atoms. The Morgan fingerprint density at radius 2 is 1.72 bits per heavy atom. The van der Waals surface area contributed by atoms with E-state index >= 15 is 0 Å². The first-order valence-corrected chi connectivity index (χ1v) is 16.3. The molecule has 3 heterocycles. The van der Waals surface area contributed by atoms with Crippen molar-refractivity contribution < 1.29 is 19.1 Å². The van der Waals surface area contributed by atoms with Gasteiger partial charge in [0.2, 0.25) is 6.79 Å². The van der Waals surface area contributed by atoms with Gasteiger partial charge in [0, 0.05) is 36.1 Å². The molecule has 0 saturated heterocycles. The molecular weight excluding hydrogens is 576 g/mol. The van der Waals surface area contributed by atoms with Crippen LogP contribution in [-0.2, 0) is 24.4 Å². The predicted octanol–water partition coefficient (Wildman–Crippen LogP) is 7.53. The van der Waals surface area contributed by atoms with E-state index in [0.29, 0.717) is 11.5 Å². The minimum atomic E-state index is -0.532. The molecule has 1 aliphatic heterocycles. The second-order valence-electron chi connectivity index (χ2n) is 13.2. The lowest BCUT2D eigenvalue weighted by molar-refractivity contribution is -0.112. The fraction of sp³-hybridized carbons (Fsp3) is 0.342. The number of aromatic nitrogens is 3. The fourth-order valence-electron chi connectivity index (χ4n) is 7.80. The third-order valence-corrected chi connectivity index (χ3v) is 10.3. The van der Waals surface area contributed by atoms with Crippen molar-refractivity contribution >= 4 is 39.7 Å². The van der Waals surface area contributed by atoms with Crippen molar-refractivity contribution in [3.63, 3.8) is 0 Å². The van der Waals surface area contributed by atoms with Crippen LogP contribution in [-0.4, -0.2) is 32.6 Å². The molecule has 8 nitrogen and oxygen atoms in total. The molecule has 0 unspecified atom stereocenters. The maximum atomic E-state index is 14.0. The molecule has 0 spiro atoms. The van der Waals surface area contributed by atoms with Gasteiger partial charge in [0.25, 0.3) is 5.91 Å². The average Bonchev–Trinajstić information content (AvgIpc) is 3.84.